The number of esters is 2. The number of hydrogen-bond acceptors (Lipinski definition) is 15. The fourth-order valence-electron chi connectivity index (χ4n) is 9.04. The van der Waals surface area contributed by atoms with Crippen LogP contribution in [0.2, 0.25) is 0 Å². The van der Waals surface area contributed by atoms with Crippen LogP contribution in [0.5, 0.6) is 0 Å². The van der Waals surface area contributed by atoms with Gasteiger partial charge in [0.05, 0.1) is 19.8 Å². The summed E-state index contributed by atoms with van der Waals surface area (Å²) in [5.74, 6) is -0.912. The van der Waals surface area contributed by atoms with Crippen molar-refractivity contribution >= 4 is 11.9 Å². The summed E-state index contributed by atoms with van der Waals surface area (Å²) < 4.78 is 33.6. The standard InChI is InChI=1S/C53H100O15/c1-3-5-7-9-11-13-14-15-16-17-18-19-20-21-22-23-24-25-26-28-30-32-34-36-45(56)66-41(38-63-44(55)35-33-31-29-27-12-10-8-6-4-2)39-64-52-51(62)49(60)47(58)43(68-52)40-65-53-50(61)48(59)46(57)42(37-54)67-53/h41-43,46-54,57-62H,3-40H2,1-2H3/t41-,42+,43+,46-,47-,48?,49?,50?,51?,52+,53+/m1/s1. The van der Waals surface area contributed by atoms with Crippen LogP contribution in [0.15, 0.2) is 0 Å². The number of ether oxygens (including phenoxy) is 6. The smallest absolute Gasteiger partial charge is 0.306 e. The Kier molecular flexibility index (Phi) is 37.8. The van der Waals surface area contributed by atoms with E-state index < -0.39 is 92.7 Å². The zero-order valence-electron chi connectivity index (χ0n) is 42.6. The molecule has 4 unspecified atom stereocenters. The molecule has 2 aliphatic rings. The molecular formula is C53H100O15. The molecule has 0 aliphatic carbocycles. The molecule has 0 aromatic rings. The molecule has 0 spiro atoms. The Morgan fingerprint density at radius 1 is 0.412 bits per heavy atom. The lowest BCUT2D eigenvalue weighted by atomic mass is 9.98. The van der Waals surface area contributed by atoms with Gasteiger partial charge in [0.25, 0.3) is 0 Å². The quantitative estimate of drug-likeness (QED) is 0.0225. The average molecular weight is 977 g/mol. The molecule has 402 valence electrons. The summed E-state index contributed by atoms with van der Waals surface area (Å²) in [5.41, 5.74) is 0. The maximum Gasteiger partial charge on any atom is 0.306 e. The molecule has 68 heavy (non-hydrogen) atoms. The van der Waals surface area contributed by atoms with Crippen LogP contribution in [0, 0.1) is 0 Å². The lowest BCUT2D eigenvalue weighted by Crippen LogP contribution is -2.61. The number of aliphatic hydroxyl groups is 7. The summed E-state index contributed by atoms with van der Waals surface area (Å²) in [7, 11) is 0. The van der Waals surface area contributed by atoms with Gasteiger partial charge in [-0.3, -0.25) is 9.59 Å². The molecular weight excluding hydrogens is 877 g/mol. The zero-order chi connectivity index (χ0) is 49.6. The van der Waals surface area contributed by atoms with Crippen molar-refractivity contribution in [2.24, 2.45) is 0 Å². The van der Waals surface area contributed by atoms with Crippen molar-refractivity contribution in [2.45, 2.75) is 300 Å². The van der Waals surface area contributed by atoms with E-state index in [0.29, 0.717) is 12.8 Å². The minimum absolute atomic E-state index is 0.174. The van der Waals surface area contributed by atoms with Crippen LogP contribution < -0.4 is 0 Å². The van der Waals surface area contributed by atoms with Crippen LogP contribution in [-0.4, -0.2) is 142 Å². The van der Waals surface area contributed by atoms with Crippen molar-refractivity contribution in [1.82, 2.24) is 0 Å². The predicted molar refractivity (Wildman–Crippen MR) is 262 cm³/mol. The largest absolute Gasteiger partial charge is 0.462 e. The van der Waals surface area contributed by atoms with E-state index in [9.17, 15) is 45.3 Å². The Labute approximate surface area is 410 Å². The highest BCUT2D eigenvalue weighted by Gasteiger charge is 2.47. The van der Waals surface area contributed by atoms with Crippen molar-refractivity contribution in [3.63, 3.8) is 0 Å². The van der Waals surface area contributed by atoms with E-state index in [-0.39, 0.29) is 26.1 Å². The summed E-state index contributed by atoms with van der Waals surface area (Å²) in [6.45, 7) is 2.61. The first kappa shape index (κ1) is 62.6. The molecule has 2 rings (SSSR count). The average Bonchev–Trinajstić information content (AvgIpc) is 3.33. The minimum Gasteiger partial charge on any atom is -0.462 e. The van der Waals surface area contributed by atoms with Crippen LogP contribution >= 0.6 is 0 Å². The molecule has 15 heteroatoms. The molecule has 0 aromatic carbocycles. The molecule has 2 saturated heterocycles. The van der Waals surface area contributed by atoms with Gasteiger partial charge in [0.1, 0.15) is 55.4 Å². The molecule has 0 saturated carbocycles. The van der Waals surface area contributed by atoms with Gasteiger partial charge >= 0.3 is 11.9 Å². The number of carbonyl (C=O) groups excluding carboxylic acids is 2. The van der Waals surface area contributed by atoms with Crippen molar-refractivity contribution < 1.29 is 73.8 Å². The first-order valence-corrected chi connectivity index (χ1v) is 27.6. The summed E-state index contributed by atoms with van der Waals surface area (Å²) >= 11 is 0. The van der Waals surface area contributed by atoms with E-state index in [2.05, 4.69) is 13.8 Å². The second-order valence-corrected chi connectivity index (χ2v) is 19.8. The Balaban J connectivity index is 1.71. The molecule has 0 radical (unpaired) electrons. The predicted octanol–water partition coefficient (Wildman–Crippen LogP) is 8.39. The first-order valence-electron chi connectivity index (χ1n) is 27.6. The van der Waals surface area contributed by atoms with Gasteiger partial charge in [-0.05, 0) is 12.8 Å². The van der Waals surface area contributed by atoms with Crippen molar-refractivity contribution in [2.75, 3.05) is 26.4 Å². The molecule has 15 nitrogen and oxygen atoms in total. The normalized spacial score (nSPS) is 25.7. The van der Waals surface area contributed by atoms with E-state index in [0.717, 1.165) is 38.5 Å². The maximum atomic E-state index is 13.0. The summed E-state index contributed by atoms with van der Waals surface area (Å²) in [6.07, 6.45) is 23.0. The van der Waals surface area contributed by atoms with E-state index in [1.807, 2.05) is 0 Å². The van der Waals surface area contributed by atoms with Gasteiger partial charge in [-0.2, -0.15) is 0 Å². The number of rotatable bonds is 44. The van der Waals surface area contributed by atoms with Gasteiger partial charge in [-0.1, -0.05) is 206 Å². The minimum atomic E-state index is -1.76. The van der Waals surface area contributed by atoms with E-state index in [4.69, 9.17) is 28.4 Å². The Morgan fingerprint density at radius 2 is 0.750 bits per heavy atom. The zero-order valence-corrected chi connectivity index (χ0v) is 42.6. The SMILES string of the molecule is CCCCCCCCCCCCCCCCCCCCCCCCCC(=O)O[C@H](COC(=O)CCCCCCCCCCC)CO[C@H]1O[C@@H](CO[C@H]2O[C@@H](CO)[C@@H](O)C(O)C2O)[C@@H](O)C(O)C1O. The van der Waals surface area contributed by atoms with Gasteiger partial charge in [-0.25, -0.2) is 0 Å². The molecule has 0 amide bonds. The van der Waals surface area contributed by atoms with E-state index >= 15 is 0 Å². The highest BCUT2D eigenvalue weighted by atomic mass is 16.7. The molecule has 0 aromatic heterocycles. The van der Waals surface area contributed by atoms with Crippen molar-refractivity contribution in [1.29, 1.82) is 0 Å². The van der Waals surface area contributed by atoms with E-state index in [1.54, 1.807) is 0 Å². The highest BCUT2D eigenvalue weighted by Crippen LogP contribution is 2.27. The third kappa shape index (κ3) is 28.5. The molecule has 2 aliphatic heterocycles. The van der Waals surface area contributed by atoms with Gasteiger partial charge < -0.3 is 64.2 Å². The molecule has 0 bridgehead atoms. The monoisotopic (exact) mass is 977 g/mol. The van der Waals surface area contributed by atoms with Gasteiger partial charge in [0.15, 0.2) is 18.7 Å². The second-order valence-electron chi connectivity index (χ2n) is 19.8. The van der Waals surface area contributed by atoms with Crippen LogP contribution in [0.25, 0.3) is 0 Å². The highest BCUT2D eigenvalue weighted by molar-refractivity contribution is 5.70. The topological polar surface area (TPSA) is 231 Å². The molecule has 11 atom stereocenters. The van der Waals surface area contributed by atoms with Crippen LogP contribution in [0.1, 0.15) is 232 Å². The summed E-state index contributed by atoms with van der Waals surface area (Å²) in [6, 6.07) is 0. The third-order valence-electron chi connectivity index (χ3n) is 13.6. The summed E-state index contributed by atoms with van der Waals surface area (Å²) in [5, 5.41) is 72.1. The Hall–Kier alpha value is -1.50. The lowest BCUT2D eigenvalue weighted by molar-refractivity contribution is -0.332. The van der Waals surface area contributed by atoms with Crippen LogP contribution in [-0.2, 0) is 38.0 Å². The van der Waals surface area contributed by atoms with Gasteiger partial charge in [0, 0.05) is 12.8 Å². The number of carbonyl (C=O) groups is 2. The summed E-state index contributed by atoms with van der Waals surface area (Å²) in [4.78, 5) is 25.7. The molecule has 2 fully saturated rings. The molecule has 7 N–H and O–H groups in total. The van der Waals surface area contributed by atoms with Gasteiger partial charge in [0.2, 0.25) is 0 Å². The van der Waals surface area contributed by atoms with Crippen molar-refractivity contribution in [3.8, 4) is 0 Å². The Bertz CT molecular complexity index is 1190. The molecule has 2 heterocycles. The van der Waals surface area contributed by atoms with Crippen LogP contribution in [0.4, 0.5) is 0 Å². The number of hydrogen-bond donors (Lipinski definition) is 7. The Morgan fingerprint density at radius 3 is 1.15 bits per heavy atom. The lowest BCUT2D eigenvalue weighted by Gasteiger charge is -2.42. The number of aliphatic hydroxyl groups excluding tert-OH is 7. The van der Waals surface area contributed by atoms with Crippen LogP contribution in [0.3, 0.4) is 0 Å². The third-order valence-corrected chi connectivity index (χ3v) is 13.6. The van der Waals surface area contributed by atoms with E-state index in [1.165, 1.54) is 154 Å². The fourth-order valence-corrected chi connectivity index (χ4v) is 9.04. The van der Waals surface area contributed by atoms with Gasteiger partial charge in [-0.15, -0.1) is 0 Å². The maximum absolute atomic E-state index is 13.0. The second kappa shape index (κ2) is 41.0. The number of unbranched alkanes of at least 4 members (excludes halogenated alkanes) is 30. The fraction of sp³-hybridized carbons (Fsp3) is 0.962. The van der Waals surface area contributed by atoms with Crippen molar-refractivity contribution in [3.05, 3.63) is 0 Å². The first-order chi connectivity index (χ1) is 33.0.